The first-order chi connectivity index (χ1) is 8.20. The van der Waals surface area contributed by atoms with Crippen molar-refractivity contribution in [3.8, 4) is 17.6 Å². The van der Waals surface area contributed by atoms with Crippen molar-refractivity contribution in [1.29, 1.82) is 0 Å². The van der Waals surface area contributed by atoms with Crippen LogP contribution < -0.4 is 15.8 Å². The van der Waals surface area contributed by atoms with Gasteiger partial charge in [0.25, 0.3) is 5.91 Å². The van der Waals surface area contributed by atoms with E-state index in [0.29, 0.717) is 30.0 Å². The molecule has 0 aliphatic rings. The number of nitrogens with two attached hydrogens (primary N) is 1. The average molecular weight is 232 g/mol. The van der Waals surface area contributed by atoms with Gasteiger partial charge in [-0.05, 0) is 19.1 Å². The number of rotatable bonds is 4. The van der Waals surface area contributed by atoms with Crippen LogP contribution in [0.4, 0.5) is 5.69 Å². The molecule has 0 radical (unpaired) electrons. The molecule has 1 aromatic rings. The Morgan fingerprint density at radius 3 is 2.94 bits per heavy atom. The van der Waals surface area contributed by atoms with Crippen LogP contribution in [0.5, 0.6) is 5.75 Å². The summed E-state index contributed by atoms with van der Waals surface area (Å²) in [5, 5.41) is 2.76. The number of nitrogens with one attached hydrogen (secondary N) is 1. The second-order valence-electron chi connectivity index (χ2n) is 3.36. The summed E-state index contributed by atoms with van der Waals surface area (Å²) in [7, 11) is 1.49. The number of hydrogen-bond acceptors (Lipinski definition) is 3. The summed E-state index contributed by atoms with van der Waals surface area (Å²) in [6.45, 7) is 2.28. The maximum atomic E-state index is 11.8. The van der Waals surface area contributed by atoms with Crippen LogP contribution >= 0.6 is 0 Å². The summed E-state index contributed by atoms with van der Waals surface area (Å²) in [5.41, 5.74) is 6.61. The minimum absolute atomic E-state index is 0.202. The average Bonchev–Trinajstić information content (AvgIpc) is 2.34. The van der Waals surface area contributed by atoms with Crippen molar-refractivity contribution in [2.75, 3.05) is 19.4 Å². The minimum Gasteiger partial charge on any atom is -0.494 e. The molecular formula is C13H16N2O2. The highest BCUT2D eigenvalue weighted by Crippen LogP contribution is 2.25. The van der Waals surface area contributed by atoms with Gasteiger partial charge in [-0.3, -0.25) is 4.79 Å². The summed E-state index contributed by atoms with van der Waals surface area (Å²) in [6.07, 6.45) is 0.632. The molecule has 0 aromatic heterocycles. The number of carbonyl (C=O) groups is 1. The van der Waals surface area contributed by atoms with Crippen molar-refractivity contribution in [2.45, 2.75) is 13.3 Å². The molecule has 0 bridgehead atoms. The van der Waals surface area contributed by atoms with Crippen LogP contribution in [0.25, 0.3) is 0 Å². The fraction of sp³-hybridized carbons (Fsp3) is 0.308. The fourth-order valence-corrected chi connectivity index (χ4v) is 1.42. The second kappa shape index (κ2) is 6.44. The van der Waals surface area contributed by atoms with E-state index in [0.717, 1.165) is 0 Å². The Balaban J connectivity index is 2.74. The van der Waals surface area contributed by atoms with Crippen LogP contribution in [0.15, 0.2) is 18.2 Å². The first-order valence-corrected chi connectivity index (χ1v) is 5.31. The zero-order valence-corrected chi connectivity index (χ0v) is 10.0. The molecule has 4 heteroatoms. The molecular weight excluding hydrogens is 216 g/mol. The standard InChI is InChI=1S/C13H16N2O2/c1-3-4-5-9-15-13(16)10-7-6-8-11(14)12(10)17-2/h6-8H,5,9,14H2,1-2H3,(H,15,16). The van der Waals surface area contributed by atoms with Gasteiger partial charge in [-0.2, -0.15) is 0 Å². The number of benzene rings is 1. The van der Waals surface area contributed by atoms with Gasteiger partial charge >= 0.3 is 0 Å². The Morgan fingerprint density at radius 1 is 1.53 bits per heavy atom. The van der Waals surface area contributed by atoms with Gasteiger partial charge in [0, 0.05) is 13.0 Å². The van der Waals surface area contributed by atoms with Gasteiger partial charge < -0.3 is 15.8 Å². The molecule has 1 aromatic carbocycles. The molecule has 0 saturated carbocycles. The van der Waals surface area contributed by atoms with Gasteiger partial charge in [0.2, 0.25) is 0 Å². The van der Waals surface area contributed by atoms with E-state index in [4.69, 9.17) is 10.5 Å². The Morgan fingerprint density at radius 2 is 2.29 bits per heavy atom. The van der Waals surface area contributed by atoms with Crippen LogP contribution in [0.1, 0.15) is 23.7 Å². The first-order valence-electron chi connectivity index (χ1n) is 5.31. The van der Waals surface area contributed by atoms with E-state index in [-0.39, 0.29) is 5.91 Å². The Bertz CT molecular complexity index is 458. The Labute approximate surface area is 101 Å². The molecule has 0 aliphatic heterocycles. The smallest absolute Gasteiger partial charge is 0.255 e. The molecule has 0 atom stereocenters. The highest BCUT2D eigenvalue weighted by molar-refractivity contribution is 5.98. The van der Waals surface area contributed by atoms with E-state index >= 15 is 0 Å². The lowest BCUT2D eigenvalue weighted by Crippen LogP contribution is -2.24. The normalized spacial score (nSPS) is 9.06. The Kier molecular flexibility index (Phi) is 4.89. The zero-order chi connectivity index (χ0) is 12.7. The molecule has 3 N–H and O–H groups in total. The third-order valence-corrected chi connectivity index (χ3v) is 2.21. The monoisotopic (exact) mass is 232 g/mol. The summed E-state index contributed by atoms with van der Waals surface area (Å²) < 4.78 is 5.11. The van der Waals surface area contributed by atoms with Crippen molar-refractivity contribution in [3.63, 3.8) is 0 Å². The molecule has 0 saturated heterocycles. The molecule has 0 aliphatic carbocycles. The fourth-order valence-electron chi connectivity index (χ4n) is 1.42. The molecule has 90 valence electrons. The number of hydrogen-bond donors (Lipinski definition) is 2. The van der Waals surface area contributed by atoms with Gasteiger partial charge in [-0.25, -0.2) is 0 Å². The molecule has 4 nitrogen and oxygen atoms in total. The van der Waals surface area contributed by atoms with E-state index < -0.39 is 0 Å². The largest absolute Gasteiger partial charge is 0.494 e. The van der Waals surface area contributed by atoms with Crippen molar-refractivity contribution in [2.24, 2.45) is 0 Å². The van der Waals surface area contributed by atoms with E-state index in [1.54, 1.807) is 25.1 Å². The number of methoxy groups -OCH3 is 1. The molecule has 0 heterocycles. The number of para-hydroxylation sites is 1. The van der Waals surface area contributed by atoms with E-state index in [1.807, 2.05) is 0 Å². The van der Waals surface area contributed by atoms with Crippen LogP contribution in [0.2, 0.25) is 0 Å². The molecule has 1 amide bonds. The molecule has 1 rings (SSSR count). The topological polar surface area (TPSA) is 64.4 Å². The summed E-state index contributed by atoms with van der Waals surface area (Å²) >= 11 is 0. The van der Waals surface area contributed by atoms with Gasteiger partial charge in [-0.1, -0.05) is 6.07 Å². The molecule has 0 unspecified atom stereocenters. The van der Waals surface area contributed by atoms with Crippen molar-refractivity contribution in [1.82, 2.24) is 5.32 Å². The third-order valence-electron chi connectivity index (χ3n) is 2.21. The highest BCUT2D eigenvalue weighted by atomic mass is 16.5. The number of nitrogen functional groups attached to an aromatic ring is 1. The summed E-state index contributed by atoms with van der Waals surface area (Å²) in [5.74, 6) is 5.85. The first kappa shape index (κ1) is 12.9. The van der Waals surface area contributed by atoms with Crippen molar-refractivity contribution >= 4 is 11.6 Å². The maximum Gasteiger partial charge on any atom is 0.255 e. The van der Waals surface area contributed by atoms with Crippen LogP contribution in [0.3, 0.4) is 0 Å². The minimum atomic E-state index is -0.202. The van der Waals surface area contributed by atoms with Crippen LogP contribution in [0, 0.1) is 11.8 Å². The lowest BCUT2D eigenvalue weighted by Gasteiger charge is -2.10. The van der Waals surface area contributed by atoms with Gasteiger partial charge in [0.15, 0.2) is 5.75 Å². The number of ether oxygens (including phenoxy) is 1. The zero-order valence-electron chi connectivity index (χ0n) is 10.0. The lowest BCUT2D eigenvalue weighted by atomic mass is 10.1. The summed E-state index contributed by atoms with van der Waals surface area (Å²) in [4.78, 5) is 11.8. The van der Waals surface area contributed by atoms with Crippen molar-refractivity contribution in [3.05, 3.63) is 23.8 Å². The van der Waals surface area contributed by atoms with E-state index in [1.165, 1.54) is 7.11 Å². The Hall–Kier alpha value is -2.15. The van der Waals surface area contributed by atoms with Gasteiger partial charge in [0.05, 0.1) is 18.4 Å². The van der Waals surface area contributed by atoms with Gasteiger partial charge in [0.1, 0.15) is 0 Å². The summed E-state index contributed by atoms with van der Waals surface area (Å²) in [6, 6.07) is 5.09. The van der Waals surface area contributed by atoms with Crippen LogP contribution in [-0.4, -0.2) is 19.6 Å². The molecule has 17 heavy (non-hydrogen) atoms. The highest BCUT2D eigenvalue weighted by Gasteiger charge is 2.13. The maximum absolute atomic E-state index is 11.8. The van der Waals surface area contributed by atoms with Crippen LogP contribution in [-0.2, 0) is 0 Å². The SMILES string of the molecule is CC#CCCNC(=O)c1cccc(N)c1OC. The van der Waals surface area contributed by atoms with E-state index in [9.17, 15) is 4.79 Å². The lowest BCUT2D eigenvalue weighted by molar-refractivity contribution is 0.0951. The molecule has 0 spiro atoms. The number of amides is 1. The number of anilines is 1. The third kappa shape index (κ3) is 3.42. The molecule has 0 fully saturated rings. The van der Waals surface area contributed by atoms with E-state index in [2.05, 4.69) is 17.2 Å². The van der Waals surface area contributed by atoms with Crippen molar-refractivity contribution < 1.29 is 9.53 Å². The number of carbonyl (C=O) groups excluding carboxylic acids is 1. The quantitative estimate of drug-likeness (QED) is 0.469. The second-order valence-corrected chi connectivity index (χ2v) is 3.36. The predicted octanol–water partition coefficient (Wildman–Crippen LogP) is 1.42. The predicted molar refractivity (Wildman–Crippen MR) is 67.8 cm³/mol. The van der Waals surface area contributed by atoms with Gasteiger partial charge in [-0.15, -0.1) is 11.8 Å².